The molecule has 0 bridgehead atoms. The second-order valence-corrected chi connectivity index (χ2v) is 5.81. The molecule has 0 radical (unpaired) electrons. The van der Waals surface area contributed by atoms with Gasteiger partial charge in [-0.15, -0.1) is 6.58 Å². The molecule has 114 valence electrons. The molecule has 1 heterocycles. The van der Waals surface area contributed by atoms with E-state index in [9.17, 15) is 14.7 Å². The van der Waals surface area contributed by atoms with Crippen LogP contribution in [0.1, 0.15) is 27.2 Å². The molecule has 1 fully saturated rings. The third kappa shape index (κ3) is 4.94. The highest BCUT2D eigenvalue weighted by atomic mass is 16.4. The Bertz CT molecular complexity index is 382. The number of carbonyl (C=O) groups excluding carboxylic acids is 1. The first kappa shape index (κ1) is 16.7. The van der Waals surface area contributed by atoms with Crippen molar-refractivity contribution in [3.05, 3.63) is 12.7 Å². The zero-order valence-corrected chi connectivity index (χ0v) is 12.5. The third-order valence-corrected chi connectivity index (χ3v) is 3.51. The lowest BCUT2D eigenvalue weighted by atomic mass is 10.1. The fourth-order valence-electron chi connectivity index (χ4n) is 2.61. The van der Waals surface area contributed by atoms with Gasteiger partial charge in [0.25, 0.3) is 0 Å². The average Bonchev–Trinajstić information content (AvgIpc) is 2.70. The van der Waals surface area contributed by atoms with Crippen LogP contribution in [-0.2, 0) is 9.59 Å². The molecule has 0 saturated carbocycles. The van der Waals surface area contributed by atoms with Gasteiger partial charge >= 0.3 is 5.97 Å². The van der Waals surface area contributed by atoms with Gasteiger partial charge in [0.2, 0.25) is 5.91 Å². The molecule has 1 aliphatic rings. The predicted molar refractivity (Wildman–Crippen MR) is 77.2 cm³/mol. The van der Waals surface area contributed by atoms with E-state index >= 15 is 0 Å². The van der Waals surface area contributed by atoms with E-state index in [4.69, 9.17) is 0 Å². The number of hydrogen-bond donors (Lipinski definition) is 3. The summed E-state index contributed by atoms with van der Waals surface area (Å²) < 4.78 is 0. The number of hydrogen-bond acceptors (Lipinski definition) is 4. The highest BCUT2D eigenvalue weighted by Gasteiger charge is 2.35. The molecule has 0 unspecified atom stereocenters. The maximum atomic E-state index is 11.2. The summed E-state index contributed by atoms with van der Waals surface area (Å²) in [5.74, 6) is -0.645. The van der Waals surface area contributed by atoms with Crippen molar-refractivity contribution >= 4 is 11.9 Å². The molecular weight excluding hydrogens is 258 g/mol. The van der Waals surface area contributed by atoms with E-state index in [1.807, 2.05) is 24.8 Å². The largest absolute Gasteiger partial charge is 0.480 e. The van der Waals surface area contributed by atoms with Crippen LogP contribution in [0.5, 0.6) is 0 Å². The van der Waals surface area contributed by atoms with Gasteiger partial charge in [0, 0.05) is 26.6 Å². The number of carbonyl (C=O) groups is 2. The quantitative estimate of drug-likeness (QED) is 0.466. The Morgan fingerprint density at radius 2 is 2.15 bits per heavy atom. The van der Waals surface area contributed by atoms with Gasteiger partial charge in [0.1, 0.15) is 6.04 Å². The second kappa shape index (κ2) is 6.85. The lowest BCUT2D eigenvalue weighted by Gasteiger charge is -2.29. The van der Waals surface area contributed by atoms with Gasteiger partial charge in [-0.25, -0.2) is 0 Å². The van der Waals surface area contributed by atoms with E-state index in [0.29, 0.717) is 19.5 Å². The van der Waals surface area contributed by atoms with Crippen molar-refractivity contribution in [2.75, 3.05) is 19.6 Å². The maximum absolute atomic E-state index is 11.2. The summed E-state index contributed by atoms with van der Waals surface area (Å²) in [6.07, 6.45) is 2.44. The first-order valence-corrected chi connectivity index (χ1v) is 6.88. The van der Waals surface area contributed by atoms with Crippen molar-refractivity contribution in [1.82, 2.24) is 15.5 Å². The number of rotatable bonds is 7. The molecule has 2 atom stereocenters. The molecule has 0 aromatic heterocycles. The molecule has 20 heavy (non-hydrogen) atoms. The minimum absolute atomic E-state index is 0.0983. The van der Waals surface area contributed by atoms with Gasteiger partial charge in [-0.1, -0.05) is 6.08 Å². The van der Waals surface area contributed by atoms with Crippen molar-refractivity contribution < 1.29 is 14.7 Å². The monoisotopic (exact) mass is 283 g/mol. The van der Waals surface area contributed by atoms with Crippen LogP contribution in [0, 0.1) is 5.92 Å². The van der Waals surface area contributed by atoms with Gasteiger partial charge in [-0.3, -0.25) is 19.8 Å². The van der Waals surface area contributed by atoms with Gasteiger partial charge in [0.15, 0.2) is 0 Å². The number of carboxylic acids is 1. The Morgan fingerprint density at radius 3 is 2.65 bits per heavy atom. The summed E-state index contributed by atoms with van der Waals surface area (Å²) >= 11 is 0. The number of nitrogens with one attached hydrogen (secondary N) is 2. The van der Waals surface area contributed by atoms with Crippen LogP contribution in [0.4, 0.5) is 0 Å². The molecule has 1 amide bonds. The highest BCUT2D eigenvalue weighted by molar-refractivity contribution is 5.74. The lowest BCUT2D eigenvalue weighted by Crippen LogP contribution is -2.55. The van der Waals surface area contributed by atoms with Crippen LogP contribution in [0.3, 0.4) is 0 Å². The minimum atomic E-state index is -0.782. The van der Waals surface area contributed by atoms with Crippen LogP contribution < -0.4 is 10.6 Å². The number of carboxylic acid groups (broad SMARTS) is 1. The number of amides is 1. The normalized spacial score (nSPS) is 23.6. The van der Waals surface area contributed by atoms with E-state index in [-0.39, 0.29) is 11.8 Å². The summed E-state index contributed by atoms with van der Waals surface area (Å²) in [6.45, 7) is 10.9. The van der Waals surface area contributed by atoms with Crippen LogP contribution in [0.15, 0.2) is 12.7 Å². The zero-order valence-electron chi connectivity index (χ0n) is 12.5. The molecule has 0 aromatic rings. The Hall–Kier alpha value is -1.40. The summed E-state index contributed by atoms with van der Waals surface area (Å²) in [4.78, 5) is 24.2. The van der Waals surface area contributed by atoms with Gasteiger partial charge < -0.3 is 10.4 Å². The molecule has 6 heteroatoms. The van der Waals surface area contributed by atoms with Gasteiger partial charge in [-0.2, -0.15) is 0 Å². The Balaban J connectivity index is 2.45. The Labute approximate surface area is 120 Å². The predicted octanol–water partition coefficient (Wildman–Crippen LogP) is 0.409. The average molecular weight is 283 g/mol. The van der Waals surface area contributed by atoms with Crippen molar-refractivity contribution in [1.29, 1.82) is 0 Å². The molecule has 0 spiro atoms. The van der Waals surface area contributed by atoms with E-state index in [2.05, 4.69) is 17.2 Å². The van der Waals surface area contributed by atoms with E-state index in [1.165, 1.54) is 6.92 Å². The Morgan fingerprint density at radius 1 is 1.50 bits per heavy atom. The zero-order chi connectivity index (χ0) is 15.3. The topological polar surface area (TPSA) is 81.7 Å². The molecule has 0 aromatic carbocycles. The maximum Gasteiger partial charge on any atom is 0.320 e. The fraction of sp³-hybridized carbons (Fsp3) is 0.714. The van der Waals surface area contributed by atoms with Crippen molar-refractivity contribution in [3.8, 4) is 0 Å². The molecule has 6 nitrogen and oxygen atoms in total. The van der Waals surface area contributed by atoms with Crippen molar-refractivity contribution in [2.24, 2.45) is 5.92 Å². The fourth-order valence-corrected chi connectivity index (χ4v) is 2.61. The molecule has 1 saturated heterocycles. The van der Waals surface area contributed by atoms with Crippen LogP contribution in [-0.4, -0.2) is 53.2 Å². The summed E-state index contributed by atoms with van der Waals surface area (Å²) in [5, 5.41) is 15.2. The molecular formula is C14H25N3O3. The van der Waals surface area contributed by atoms with Gasteiger partial charge in [0.05, 0.1) is 5.66 Å². The van der Waals surface area contributed by atoms with Crippen LogP contribution >= 0.6 is 0 Å². The van der Waals surface area contributed by atoms with Crippen molar-refractivity contribution in [2.45, 2.75) is 38.9 Å². The first-order chi connectivity index (χ1) is 9.25. The van der Waals surface area contributed by atoms with E-state index < -0.39 is 17.7 Å². The highest BCUT2D eigenvalue weighted by Crippen LogP contribution is 2.23. The third-order valence-electron chi connectivity index (χ3n) is 3.51. The minimum Gasteiger partial charge on any atom is -0.480 e. The number of nitrogens with zero attached hydrogens (tertiary/aromatic N) is 1. The molecule has 1 aliphatic heterocycles. The molecule has 3 N–H and O–H groups in total. The Kier molecular flexibility index (Phi) is 5.71. The summed E-state index contributed by atoms with van der Waals surface area (Å²) in [6, 6.07) is -0.441. The van der Waals surface area contributed by atoms with Crippen LogP contribution in [0.25, 0.3) is 0 Å². The first-order valence-electron chi connectivity index (χ1n) is 6.88. The van der Waals surface area contributed by atoms with Crippen LogP contribution in [0.2, 0.25) is 0 Å². The van der Waals surface area contributed by atoms with E-state index in [1.54, 1.807) is 0 Å². The number of likely N-dealkylation sites (tertiary alicyclic amines) is 1. The van der Waals surface area contributed by atoms with Gasteiger partial charge in [-0.05, 0) is 26.2 Å². The summed E-state index contributed by atoms with van der Waals surface area (Å²) in [7, 11) is 0. The smallest absolute Gasteiger partial charge is 0.320 e. The molecule has 1 rings (SSSR count). The van der Waals surface area contributed by atoms with E-state index in [0.717, 1.165) is 6.54 Å². The van der Waals surface area contributed by atoms with Crippen molar-refractivity contribution in [3.63, 3.8) is 0 Å². The summed E-state index contributed by atoms with van der Waals surface area (Å²) in [5.41, 5.74) is -0.498. The number of aliphatic carboxylic acids is 1. The standard InChI is InChI=1S/C14H25N3O3/c1-5-11-8-12(13(19)20)17(9-11)7-6-15-14(3,4)16-10(2)18/h5,11-12,15H,1,6-9H2,2-4H3,(H,16,18)(H,19,20)/t11-,12-/m1/s1. The SMILES string of the molecule is C=C[C@@H]1C[C@H](C(=O)O)N(CCNC(C)(C)NC(C)=O)C1. The molecule has 0 aliphatic carbocycles. The lowest BCUT2D eigenvalue weighted by molar-refractivity contribution is -0.142. The second-order valence-electron chi connectivity index (χ2n) is 5.81.